The van der Waals surface area contributed by atoms with Crippen molar-refractivity contribution >= 4 is 17.9 Å². The maximum atomic E-state index is 12.4. The first-order valence-electron chi connectivity index (χ1n) is 11.2. The summed E-state index contributed by atoms with van der Waals surface area (Å²) in [4.78, 5) is 35.2. The van der Waals surface area contributed by atoms with E-state index in [1.165, 1.54) is 0 Å². The third-order valence-corrected chi connectivity index (χ3v) is 6.26. The molecule has 218 valence electrons. The molecule has 3 heterocycles. The van der Waals surface area contributed by atoms with E-state index in [4.69, 9.17) is 28.4 Å². The molecule has 0 radical (unpaired) electrons. The topological polar surface area (TPSA) is 283 Å². The molecule has 0 aliphatic carbocycles. The number of rotatable bonds is 8. The molecule has 0 spiro atoms. The molecule has 0 amide bonds. The molecule has 14 unspecified atom stereocenters. The maximum Gasteiger partial charge on any atom is 1.00 e. The average Bonchev–Trinajstić information content (AvgIpc) is 2.87. The van der Waals surface area contributed by atoms with Crippen molar-refractivity contribution in [1.29, 1.82) is 0 Å². The molecule has 3 saturated heterocycles. The van der Waals surface area contributed by atoms with E-state index in [1.807, 2.05) is 0 Å². The number of carbonyl (C=O) groups is 3. The zero-order valence-corrected chi connectivity index (χ0v) is 25.9. The van der Waals surface area contributed by atoms with E-state index in [2.05, 4.69) is 4.74 Å². The Morgan fingerprint density at radius 2 is 1.15 bits per heavy atom. The van der Waals surface area contributed by atoms with Gasteiger partial charge in [-0.05, 0) is 0 Å². The molecular weight excluding hydrogens is 574 g/mol. The van der Waals surface area contributed by atoms with Crippen LogP contribution in [0.4, 0.5) is 0 Å². The van der Waals surface area contributed by atoms with Crippen molar-refractivity contribution < 1.29 is 148 Å². The van der Waals surface area contributed by atoms with Crippen molar-refractivity contribution in [3.63, 3.8) is 0 Å². The summed E-state index contributed by atoms with van der Waals surface area (Å²) in [6.07, 6.45) is -27.6. The quantitative estimate of drug-likeness (QED) is 0.111. The summed E-state index contributed by atoms with van der Waals surface area (Å²) in [6, 6.07) is 0. The molecule has 0 bridgehead atoms. The molecule has 0 saturated carbocycles. The van der Waals surface area contributed by atoms with Crippen molar-refractivity contribution in [2.45, 2.75) is 92.4 Å². The minimum absolute atomic E-state index is 0. The monoisotopic (exact) mass is 602 g/mol. The molecular formula is C20H28Na2O18. The van der Waals surface area contributed by atoms with Gasteiger partial charge in [-0.3, -0.25) is 0 Å². The average molecular weight is 602 g/mol. The molecule has 18 nitrogen and oxygen atoms in total. The van der Waals surface area contributed by atoms with Crippen molar-refractivity contribution in [1.82, 2.24) is 0 Å². The Morgan fingerprint density at radius 1 is 0.675 bits per heavy atom. The zero-order valence-electron chi connectivity index (χ0n) is 21.9. The summed E-state index contributed by atoms with van der Waals surface area (Å²) in [6.45, 7) is 0. The van der Waals surface area contributed by atoms with Crippen LogP contribution in [-0.2, 0) is 47.5 Å². The molecule has 3 rings (SSSR count). The van der Waals surface area contributed by atoms with Gasteiger partial charge in [0.25, 0.3) is 0 Å². The molecule has 14 atom stereocenters. The smallest absolute Gasteiger partial charge is 0.547 e. The van der Waals surface area contributed by atoms with Gasteiger partial charge in [-0.25, -0.2) is 4.79 Å². The summed E-state index contributed by atoms with van der Waals surface area (Å²) < 4.78 is 35.3. The number of ether oxygens (including phenoxy) is 7. The Kier molecular flexibility index (Phi) is 15.3. The maximum absolute atomic E-state index is 12.4. The van der Waals surface area contributed by atoms with Gasteiger partial charge in [-0.15, -0.1) is 0 Å². The van der Waals surface area contributed by atoms with Crippen LogP contribution < -0.4 is 69.3 Å². The molecule has 3 aliphatic heterocycles. The van der Waals surface area contributed by atoms with Crippen LogP contribution in [-0.4, -0.2) is 149 Å². The Morgan fingerprint density at radius 3 is 1.62 bits per heavy atom. The van der Waals surface area contributed by atoms with Gasteiger partial charge in [-0.2, -0.15) is 0 Å². The van der Waals surface area contributed by atoms with Crippen LogP contribution in [0.1, 0.15) is 6.42 Å². The molecule has 20 heteroatoms. The van der Waals surface area contributed by atoms with Crippen LogP contribution in [0.25, 0.3) is 0 Å². The third kappa shape index (κ3) is 8.10. The molecule has 3 fully saturated rings. The van der Waals surface area contributed by atoms with E-state index in [0.717, 1.165) is 14.2 Å². The first kappa shape index (κ1) is 38.0. The summed E-state index contributed by atoms with van der Waals surface area (Å²) in [5, 5.41) is 84.7. The van der Waals surface area contributed by atoms with Gasteiger partial charge in [0.2, 0.25) is 0 Å². The van der Waals surface area contributed by atoms with Crippen LogP contribution in [0.2, 0.25) is 0 Å². The number of methoxy groups -OCH3 is 2. The number of hydrogen-bond donors (Lipinski definition) is 6. The van der Waals surface area contributed by atoms with E-state index in [9.17, 15) is 55.2 Å². The fourth-order valence-corrected chi connectivity index (χ4v) is 4.19. The van der Waals surface area contributed by atoms with Crippen LogP contribution in [0.15, 0.2) is 0 Å². The van der Waals surface area contributed by atoms with Gasteiger partial charge in [0, 0.05) is 13.5 Å². The van der Waals surface area contributed by atoms with Gasteiger partial charge in [0.05, 0.1) is 25.2 Å². The predicted octanol–water partition coefficient (Wildman–Crippen LogP) is -14.2. The molecule has 0 aromatic rings. The molecule has 0 aromatic carbocycles. The van der Waals surface area contributed by atoms with Crippen molar-refractivity contribution in [3.8, 4) is 0 Å². The second-order valence-corrected chi connectivity index (χ2v) is 8.70. The SMILES string of the molecule is COC(=O)C1OC(OC2C(C(=O)[O-])OC(OC)C(O)C2O)C(O)C(O)C1OC1OC(C(=O)[O-])CC(O)C1O.[Na+].[Na+]. The predicted molar refractivity (Wildman–Crippen MR) is 105 cm³/mol. The molecule has 6 N–H and O–H groups in total. The van der Waals surface area contributed by atoms with Crippen molar-refractivity contribution in [2.24, 2.45) is 0 Å². The van der Waals surface area contributed by atoms with E-state index < -0.39 is 110 Å². The largest absolute Gasteiger partial charge is 1.00 e. The van der Waals surface area contributed by atoms with E-state index >= 15 is 0 Å². The fraction of sp³-hybridized carbons (Fsp3) is 0.850. The van der Waals surface area contributed by atoms with Gasteiger partial charge in [0.1, 0.15) is 54.9 Å². The van der Waals surface area contributed by atoms with Gasteiger partial charge in [-0.1, -0.05) is 0 Å². The van der Waals surface area contributed by atoms with Crippen LogP contribution >= 0.6 is 0 Å². The standard InChI is InChI=1S/C20H30O18.2Na/c1-32-17(31)14-12(36-19-6(22)4(21)3-5(34-19)15(27)28)8(24)10(26)20(38-14)35-11-7(23)9(25)18(33-2)37-13(11)16(29)30;;/h4-14,18-26H,3H2,1-2H3,(H,27,28)(H,29,30);;/q;2*+1/p-2. The first-order chi connectivity index (χ1) is 17.8. The Balaban J connectivity index is 0.00000400. The summed E-state index contributed by atoms with van der Waals surface area (Å²) in [5.41, 5.74) is 0. The number of carboxylic acid groups (broad SMARTS) is 2. The van der Waals surface area contributed by atoms with Gasteiger partial charge < -0.3 is 83.6 Å². The Hall–Kier alpha value is -0.0700. The van der Waals surface area contributed by atoms with E-state index in [1.54, 1.807) is 0 Å². The second kappa shape index (κ2) is 16.1. The zero-order chi connectivity index (χ0) is 28.5. The molecule has 40 heavy (non-hydrogen) atoms. The number of hydrogen-bond acceptors (Lipinski definition) is 18. The number of carboxylic acids is 2. The minimum Gasteiger partial charge on any atom is -0.547 e. The molecule has 3 aliphatic rings. The third-order valence-electron chi connectivity index (χ3n) is 6.26. The number of aliphatic carboxylic acids is 2. The number of aliphatic hydroxyl groups excluding tert-OH is 6. The number of esters is 1. The summed E-state index contributed by atoms with van der Waals surface area (Å²) >= 11 is 0. The van der Waals surface area contributed by atoms with E-state index in [0.29, 0.717) is 0 Å². The fourth-order valence-electron chi connectivity index (χ4n) is 4.19. The first-order valence-corrected chi connectivity index (χ1v) is 11.2. The summed E-state index contributed by atoms with van der Waals surface area (Å²) in [7, 11) is 1.96. The van der Waals surface area contributed by atoms with Crippen molar-refractivity contribution in [2.75, 3.05) is 14.2 Å². The normalized spacial score (nSPS) is 43.5. The Bertz CT molecular complexity index is 865. The van der Waals surface area contributed by atoms with Crippen LogP contribution in [0, 0.1) is 0 Å². The number of carbonyl (C=O) groups excluding carboxylic acids is 3. The van der Waals surface area contributed by atoms with Gasteiger partial charge >= 0.3 is 65.1 Å². The Labute approximate surface area is 270 Å². The summed E-state index contributed by atoms with van der Waals surface area (Å²) in [5.74, 6) is -4.91. The van der Waals surface area contributed by atoms with Crippen LogP contribution in [0.5, 0.6) is 0 Å². The number of aliphatic hydroxyl groups is 6. The van der Waals surface area contributed by atoms with Crippen molar-refractivity contribution in [3.05, 3.63) is 0 Å². The second-order valence-electron chi connectivity index (χ2n) is 8.70. The van der Waals surface area contributed by atoms with Crippen LogP contribution in [0.3, 0.4) is 0 Å². The minimum atomic E-state index is -2.16. The van der Waals surface area contributed by atoms with E-state index in [-0.39, 0.29) is 59.1 Å². The van der Waals surface area contributed by atoms with Gasteiger partial charge in [0.15, 0.2) is 25.0 Å². The molecule has 0 aromatic heterocycles.